The van der Waals surface area contributed by atoms with E-state index in [4.69, 9.17) is 4.74 Å². The van der Waals surface area contributed by atoms with E-state index in [1.807, 2.05) is 54.6 Å². The van der Waals surface area contributed by atoms with Crippen LogP contribution in [0.5, 0.6) is 0 Å². The van der Waals surface area contributed by atoms with E-state index in [0.29, 0.717) is 31.7 Å². The van der Waals surface area contributed by atoms with E-state index >= 15 is 0 Å². The van der Waals surface area contributed by atoms with Crippen molar-refractivity contribution in [1.29, 1.82) is 0 Å². The summed E-state index contributed by atoms with van der Waals surface area (Å²) in [5, 5.41) is 2.96. The minimum atomic E-state index is -0.576. The van der Waals surface area contributed by atoms with Gasteiger partial charge < -0.3 is 15.0 Å². The van der Waals surface area contributed by atoms with Gasteiger partial charge in [0.25, 0.3) is 5.91 Å². The van der Waals surface area contributed by atoms with Crippen LogP contribution in [0.25, 0.3) is 0 Å². The first-order valence-electron chi connectivity index (χ1n) is 10.7. The number of hydrogen-bond acceptors (Lipinski definition) is 3. The molecule has 0 radical (unpaired) electrons. The van der Waals surface area contributed by atoms with E-state index in [0.717, 1.165) is 16.8 Å². The minimum absolute atomic E-state index is 0.147. The van der Waals surface area contributed by atoms with Gasteiger partial charge in [-0.25, -0.2) is 4.39 Å². The van der Waals surface area contributed by atoms with E-state index < -0.39 is 11.5 Å². The van der Waals surface area contributed by atoms with Gasteiger partial charge in [-0.05, 0) is 47.9 Å². The molecule has 1 saturated heterocycles. The third kappa shape index (κ3) is 3.67. The summed E-state index contributed by atoms with van der Waals surface area (Å²) in [7, 11) is 0. The highest BCUT2D eigenvalue weighted by Crippen LogP contribution is 2.47. The fourth-order valence-corrected chi connectivity index (χ4v) is 4.66. The Kier molecular flexibility index (Phi) is 5.23. The zero-order valence-electron chi connectivity index (χ0n) is 17.5. The predicted molar refractivity (Wildman–Crippen MR) is 119 cm³/mol. The maximum absolute atomic E-state index is 13.3. The largest absolute Gasteiger partial charge is 0.367 e. The van der Waals surface area contributed by atoms with E-state index in [2.05, 4.69) is 5.32 Å². The summed E-state index contributed by atoms with van der Waals surface area (Å²) in [5.74, 6) is -0.716. The molecule has 2 unspecified atom stereocenters. The zero-order chi connectivity index (χ0) is 22.1. The topological polar surface area (TPSA) is 58.6 Å². The van der Waals surface area contributed by atoms with Crippen molar-refractivity contribution in [3.63, 3.8) is 0 Å². The van der Waals surface area contributed by atoms with Gasteiger partial charge in [-0.1, -0.05) is 48.5 Å². The molecular weight excluding hydrogens is 407 g/mol. The van der Waals surface area contributed by atoms with Crippen LogP contribution in [0.3, 0.4) is 0 Å². The molecule has 3 aromatic rings. The summed E-state index contributed by atoms with van der Waals surface area (Å²) in [5.41, 5.74) is 2.83. The molecular formula is C26H23FN2O3. The summed E-state index contributed by atoms with van der Waals surface area (Å²) in [6.07, 6.45) is -0.0784. The fourth-order valence-electron chi connectivity index (χ4n) is 4.66. The van der Waals surface area contributed by atoms with Crippen LogP contribution in [0, 0.1) is 5.82 Å². The number of para-hydroxylation sites is 1. The number of anilines is 1. The molecule has 0 aliphatic carbocycles. The molecule has 2 aliphatic heterocycles. The molecule has 6 heteroatoms. The lowest BCUT2D eigenvalue weighted by molar-refractivity contribution is -0.130. The van der Waals surface area contributed by atoms with Gasteiger partial charge in [-0.3, -0.25) is 9.59 Å². The van der Waals surface area contributed by atoms with Crippen molar-refractivity contribution in [3.05, 3.63) is 101 Å². The second-order valence-corrected chi connectivity index (χ2v) is 8.40. The maximum Gasteiger partial charge on any atom is 0.258 e. The number of nitrogens with one attached hydrogen (secondary N) is 1. The molecule has 0 bridgehead atoms. The number of halogens is 1. The van der Waals surface area contributed by atoms with Crippen LogP contribution in [0.2, 0.25) is 0 Å². The molecule has 162 valence electrons. The Labute approximate surface area is 185 Å². The molecule has 2 atom stereocenters. The van der Waals surface area contributed by atoms with Crippen LogP contribution in [0.1, 0.15) is 27.9 Å². The van der Waals surface area contributed by atoms with Crippen LogP contribution in [-0.2, 0) is 21.5 Å². The Morgan fingerprint density at radius 3 is 2.50 bits per heavy atom. The van der Waals surface area contributed by atoms with E-state index in [1.54, 1.807) is 4.90 Å². The second kappa shape index (κ2) is 8.20. The molecule has 2 heterocycles. The van der Waals surface area contributed by atoms with Crippen molar-refractivity contribution in [2.24, 2.45) is 0 Å². The molecule has 1 N–H and O–H groups in total. The first-order valence-corrected chi connectivity index (χ1v) is 10.7. The van der Waals surface area contributed by atoms with Crippen molar-refractivity contribution < 1.29 is 18.7 Å². The quantitative estimate of drug-likeness (QED) is 0.685. The number of ether oxygens (including phenoxy) is 1. The standard InChI is InChI=1S/C26H23FN2O3/c27-20-12-10-19(11-13-20)25(31)29-16-26(21-8-4-5-9-22(21)29)14-23(32-17-26)24(30)28-15-18-6-2-1-3-7-18/h1-13,23H,14-17H2,(H,28,30). The summed E-state index contributed by atoms with van der Waals surface area (Å²) in [4.78, 5) is 27.7. The van der Waals surface area contributed by atoms with Crippen LogP contribution in [0.4, 0.5) is 10.1 Å². The predicted octanol–water partition coefficient (Wildman–Crippen LogP) is 3.83. The van der Waals surface area contributed by atoms with Gasteiger partial charge in [-0.2, -0.15) is 0 Å². The van der Waals surface area contributed by atoms with Gasteiger partial charge in [0.2, 0.25) is 5.91 Å². The Morgan fingerprint density at radius 2 is 1.72 bits per heavy atom. The monoisotopic (exact) mass is 430 g/mol. The van der Waals surface area contributed by atoms with Crippen molar-refractivity contribution in [3.8, 4) is 0 Å². The van der Waals surface area contributed by atoms with Gasteiger partial charge >= 0.3 is 0 Å². The lowest BCUT2D eigenvalue weighted by atomic mass is 9.80. The number of hydrogen-bond donors (Lipinski definition) is 1. The third-order valence-electron chi connectivity index (χ3n) is 6.30. The van der Waals surface area contributed by atoms with E-state index in [-0.39, 0.29) is 17.6 Å². The number of carbonyl (C=O) groups excluding carboxylic acids is 2. The van der Waals surface area contributed by atoms with Gasteiger partial charge in [-0.15, -0.1) is 0 Å². The molecule has 32 heavy (non-hydrogen) atoms. The highest BCUT2D eigenvalue weighted by molar-refractivity contribution is 6.07. The maximum atomic E-state index is 13.3. The van der Waals surface area contributed by atoms with Gasteiger partial charge in [0.05, 0.1) is 6.61 Å². The smallest absolute Gasteiger partial charge is 0.258 e. The van der Waals surface area contributed by atoms with Gasteiger partial charge in [0, 0.05) is 29.8 Å². The number of rotatable bonds is 4. The zero-order valence-corrected chi connectivity index (χ0v) is 17.5. The van der Waals surface area contributed by atoms with Crippen LogP contribution < -0.4 is 10.2 Å². The molecule has 0 aromatic heterocycles. The Hall–Kier alpha value is -3.51. The summed E-state index contributed by atoms with van der Waals surface area (Å²) < 4.78 is 19.3. The number of benzene rings is 3. The molecule has 1 spiro atoms. The van der Waals surface area contributed by atoms with Gasteiger partial charge in [0.1, 0.15) is 11.9 Å². The average molecular weight is 430 g/mol. The first kappa shape index (κ1) is 20.4. The molecule has 5 nitrogen and oxygen atoms in total. The summed E-state index contributed by atoms with van der Waals surface area (Å²) in [6, 6.07) is 23.0. The number of nitrogens with zero attached hydrogens (tertiary/aromatic N) is 1. The molecule has 2 amide bonds. The van der Waals surface area contributed by atoms with E-state index in [1.165, 1.54) is 24.3 Å². The Balaban J connectivity index is 1.34. The van der Waals surface area contributed by atoms with Crippen molar-refractivity contribution in [1.82, 2.24) is 5.32 Å². The molecule has 5 rings (SSSR count). The van der Waals surface area contributed by atoms with Gasteiger partial charge in [0.15, 0.2) is 0 Å². The second-order valence-electron chi connectivity index (χ2n) is 8.40. The Morgan fingerprint density at radius 1 is 1.00 bits per heavy atom. The number of carbonyl (C=O) groups is 2. The summed E-state index contributed by atoms with van der Waals surface area (Å²) >= 11 is 0. The first-order chi connectivity index (χ1) is 15.6. The molecule has 0 saturated carbocycles. The van der Waals surface area contributed by atoms with Crippen molar-refractivity contribution in [2.75, 3.05) is 18.1 Å². The van der Waals surface area contributed by atoms with Crippen LogP contribution in [0.15, 0.2) is 78.9 Å². The normalized spacial score (nSPS) is 21.5. The average Bonchev–Trinajstić information content (AvgIpc) is 3.41. The minimum Gasteiger partial charge on any atom is -0.367 e. The molecule has 2 aliphatic rings. The lowest BCUT2D eigenvalue weighted by Crippen LogP contribution is -2.39. The highest BCUT2D eigenvalue weighted by atomic mass is 19.1. The van der Waals surface area contributed by atoms with E-state index in [9.17, 15) is 14.0 Å². The lowest BCUT2D eigenvalue weighted by Gasteiger charge is -2.23. The van der Waals surface area contributed by atoms with Crippen molar-refractivity contribution >= 4 is 17.5 Å². The van der Waals surface area contributed by atoms with Crippen LogP contribution >= 0.6 is 0 Å². The Bertz CT molecular complexity index is 1150. The molecule has 1 fully saturated rings. The highest BCUT2D eigenvalue weighted by Gasteiger charge is 2.51. The third-order valence-corrected chi connectivity index (χ3v) is 6.30. The summed E-state index contributed by atoms with van der Waals surface area (Å²) in [6.45, 7) is 1.23. The molecule has 3 aromatic carbocycles. The SMILES string of the molecule is O=C(NCc1ccccc1)C1CC2(CO1)CN(C(=O)c1ccc(F)cc1)c1ccccc12. The number of fused-ring (bicyclic) bond motifs is 2. The number of amides is 2. The van der Waals surface area contributed by atoms with Crippen LogP contribution in [-0.4, -0.2) is 31.1 Å². The fraction of sp³-hybridized carbons (Fsp3) is 0.231. The van der Waals surface area contributed by atoms with Crippen molar-refractivity contribution in [2.45, 2.75) is 24.5 Å².